The van der Waals surface area contributed by atoms with Gasteiger partial charge in [-0.2, -0.15) is 0 Å². The zero-order valence-corrected chi connectivity index (χ0v) is 44.5. The lowest BCUT2D eigenvalue weighted by atomic mass is 9.99. The van der Waals surface area contributed by atoms with Crippen LogP contribution in [0.3, 0.4) is 0 Å². The van der Waals surface area contributed by atoms with Gasteiger partial charge >= 0.3 is 17.6 Å². The van der Waals surface area contributed by atoms with E-state index in [1.165, 1.54) is 16.8 Å². The zero-order chi connectivity index (χ0) is 51.0. The molecular formula is C49H77N5O12Si2. The van der Waals surface area contributed by atoms with Crippen molar-refractivity contribution in [2.75, 3.05) is 20.2 Å². The summed E-state index contributed by atoms with van der Waals surface area (Å²) in [4.78, 5) is 67.5. The van der Waals surface area contributed by atoms with Crippen molar-refractivity contribution in [1.82, 2.24) is 19.8 Å². The molecule has 2 aromatic carbocycles. The summed E-state index contributed by atoms with van der Waals surface area (Å²) in [6.45, 7) is 26.1. The highest BCUT2D eigenvalue weighted by atomic mass is 28.4. The lowest BCUT2D eigenvalue weighted by molar-refractivity contribution is -0.166. The van der Waals surface area contributed by atoms with Crippen molar-refractivity contribution in [2.45, 2.75) is 173 Å². The van der Waals surface area contributed by atoms with E-state index < -0.39 is 94.1 Å². The highest BCUT2D eigenvalue weighted by molar-refractivity contribution is 6.74. The summed E-state index contributed by atoms with van der Waals surface area (Å²) >= 11 is 0. The number of carbonyl (C=O) groups excluding carboxylic acids is 3. The monoisotopic (exact) mass is 984 g/mol. The number of nitrogens with zero attached hydrogens (tertiary/aromatic N) is 2. The van der Waals surface area contributed by atoms with Gasteiger partial charge in [-0.25, -0.2) is 4.79 Å². The number of nitrogens with one attached hydrogen (secondary N) is 2. The van der Waals surface area contributed by atoms with Gasteiger partial charge in [-0.1, -0.05) is 84.0 Å². The Balaban J connectivity index is 1.68. The van der Waals surface area contributed by atoms with Crippen LogP contribution in [0.1, 0.15) is 92.5 Å². The van der Waals surface area contributed by atoms with E-state index >= 15 is 0 Å². The van der Waals surface area contributed by atoms with Crippen molar-refractivity contribution in [1.29, 1.82) is 0 Å². The van der Waals surface area contributed by atoms with Gasteiger partial charge in [-0.3, -0.25) is 28.3 Å². The second-order valence-corrected chi connectivity index (χ2v) is 31.0. The second-order valence-electron chi connectivity index (χ2n) is 21.5. The molecule has 17 nitrogen and oxygen atoms in total. The Kier molecular flexibility index (Phi) is 18.9. The zero-order valence-electron chi connectivity index (χ0n) is 42.5. The molecule has 19 heteroatoms. The SMILES string of the molecule is COc1ccc(Cn2c(=O)ccn([C@@H]3O[C@H]([C@H](O)[C@H](NCCCNC(=O)[C@@H](N)CC(=O)OCc4ccccc4)C(=O)OC(C)(C)C)[C@@H](O[Si](C)(C)C(C)(C)C)[C@H]3O[Si](C)(C)C(C)(C)C)c2=O)cc1. The Hall–Kier alpha value is -4.48. The summed E-state index contributed by atoms with van der Waals surface area (Å²) in [5.41, 5.74) is 5.39. The quantitative estimate of drug-likeness (QED) is 0.0599. The van der Waals surface area contributed by atoms with Gasteiger partial charge in [0, 0.05) is 18.8 Å². The minimum atomic E-state index is -2.76. The Morgan fingerprint density at radius 1 is 0.824 bits per heavy atom. The van der Waals surface area contributed by atoms with Gasteiger partial charge in [0.1, 0.15) is 48.4 Å². The van der Waals surface area contributed by atoms with E-state index in [4.69, 9.17) is 33.5 Å². The Morgan fingerprint density at radius 2 is 1.41 bits per heavy atom. The lowest BCUT2D eigenvalue weighted by Crippen LogP contribution is -2.59. The third-order valence-electron chi connectivity index (χ3n) is 12.9. The molecule has 0 unspecified atom stereocenters. The summed E-state index contributed by atoms with van der Waals surface area (Å²) in [5, 5.41) is 17.9. The Morgan fingerprint density at radius 3 is 1.97 bits per heavy atom. The van der Waals surface area contributed by atoms with Gasteiger partial charge < -0.3 is 49.3 Å². The van der Waals surface area contributed by atoms with Crippen LogP contribution in [0.4, 0.5) is 0 Å². The molecule has 1 aliphatic heterocycles. The topological polar surface area (TPSA) is 221 Å². The van der Waals surface area contributed by atoms with Crippen LogP contribution in [0.15, 0.2) is 76.4 Å². The molecular weight excluding hydrogens is 907 g/mol. The number of amides is 1. The average molecular weight is 984 g/mol. The molecule has 1 aromatic heterocycles. The van der Waals surface area contributed by atoms with Crippen molar-refractivity contribution in [3.8, 4) is 5.75 Å². The molecule has 7 atom stereocenters. The Labute approximate surface area is 403 Å². The van der Waals surface area contributed by atoms with Crippen molar-refractivity contribution in [2.24, 2.45) is 5.73 Å². The third-order valence-corrected chi connectivity index (χ3v) is 21.8. The van der Waals surface area contributed by atoms with Crippen molar-refractivity contribution in [3.63, 3.8) is 0 Å². The average Bonchev–Trinajstić information content (AvgIpc) is 3.57. The summed E-state index contributed by atoms with van der Waals surface area (Å²) in [5.74, 6) is -1.32. The summed E-state index contributed by atoms with van der Waals surface area (Å²) in [6.07, 6.45) is -4.82. The molecule has 0 aliphatic carbocycles. The molecule has 5 N–H and O–H groups in total. The number of methoxy groups -OCH3 is 1. The fraction of sp³-hybridized carbons (Fsp3) is 0.612. The normalized spacial score (nSPS) is 19.5. The molecule has 378 valence electrons. The van der Waals surface area contributed by atoms with E-state index in [0.29, 0.717) is 11.3 Å². The van der Waals surface area contributed by atoms with Crippen LogP contribution >= 0.6 is 0 Å². The van der Waals surface area contributed by atoms with Crippen molar-refractivity contribution >= 4 is 34.5 Å². The third kappa shape index (κ3) is 15.0. The fourth-order valence-corrected chi connectivity index (χ4v) is 9.48. The van der Waals surface area contributed by atoms with Crippen molar-refractivity contribution in [3.05, 3.63) is 98.8 Å². The minimum absolute atomic E-state index is 0.0444. The number of nitrogens with two attached hydrogens (primary N) is 1. The maximum Gasteiger partial charge on any atom is 0.333 e. The molecule has 68 heavy (non-hydrogen) atoms. The number of carbonyl (C=O) groups is 3. The smallest absolute Gasteiger partial charge is 0.333 e. The highest BCUT2D eigenvalue weighted by Crippen LogP contribution is 2.46. The van der Waals surface area contributed by atoms with E-state index in [1.807, 2.05) is 30.3 Å². The number of aliphatic hydroxyl groups is 1. The molecule has 0 bridgehead atoms. The summed E-state index contributed by atoms with van der Waals surface area (Å²) < 4.78 is 40.1. The molecule has 1 aliphatic rings. The molecule has 3 aromatic rings. The van der Waals surface area contributed by atoms with Gasteiger partial charge in [0.05, 0.1) is 26.1 Å². The van der Waals surface area contributed by atoms with E-state index in [1.54, 1.807) is 52.1 Å². The van der Waals surface area contributed by atoms with Crippen LogP contribution < -0.4 is 32.4 Å². The van der Waals surface area contributed by atoms with Crippen LogP contribution in [0, 0.1) is 0 Å². The molecule has 0 saturated carbocycles. The Bertz CT molecular complexity index is 2270. The number of ether oxygens (including phenoxy) is 4. The first-order valence-electron chi connectivity index (χ1n) is 23.3. The van der Waals surface area contributed by atoms with Crippen LogP contribution in [-0.2, 0) is 50.6 Å². The standard InChI is InChI=1S/C49H77N5O12Si2/c1-47(2,3)64-45(59)38(51-26-18-27-52-43(58)35(50)29-37(56)62-31-33-19-16-15-17-20-33)39(57)40-41(65-67(11,12)48(4,5)6)42(66-68(13,14)49(7,8)9)44(63-40)53-28-25-36(55)54(46(53)60)30-32-21-23-34(61-10)24-22-32/h15-17,19-25,28,35,38-42,44,51,57H,18,26-27,29-31,50H2,1-14H3,(H,52,58)/t35-,38-,39+,40+,41+,42+,44+/m0/s1. The van der Waals surface area contributed by atoms with Crippen LogP contribution in [0.2, 0.25) is 36.3 Å². The van der Waals surface area contributed by atoms with E-state index in [2.05, 4.69) is 78.4 Å². The number of aliphatic hydroxyl groups excluding tert-OH is 1. The van der Waals surface area contributed by atoms with Gasteiger partial charge in [0.15, 0.2) is 22.9 Å². The number of hydrogen-bond donors (Lipinski definition) is 4. The first-order valence-corrected chi connectivity index (χ1v) is 29.1. The first-order chi connectivity index (χ1) is 31.5. The minimum Gasteiger partial charge on any atom is -0.497 e. The number of esters is 2. The molecule has 0 radical (unpaired) electrons. The predicted octanol–water partition coefficient (Wildman–Crippen LogP) is 5.37. The number of aromatic nitrogens is 2. The molecule has 4 rings (SSSR count). The summed E-state index contributed by atoms with van der Waals surface area (Å²) in [6, 6.07) is 14.9. The maximum absolute atomic E-state index is 14.6. The molecule has 2 heterocycles. The van der Waals surface area contributed by atoms with Gasteiger partial charge in [-0.15, -0.1) is 0 Å². The largest absolute Gasteiger partial charge is 0.497 e. The number of rotatable bonds is 21. The van der Waals surface area contributed by atoms with E-state index in [-0.39, 0.29) is 49.2 Å². The number of hydrogen-bond acceptors (Lipinski definition) is 14. The second kappa shape index (κ2) is 23.0. The maximum atomic E-state index is 14.6. The van der Waals surface area contributed by atoms with Gasteiger partial charge in [0.25, 0.3) is 5.56 Å². The van der Waals surface area contributed by atoms with Crippen LogP contribution in [0.5, 0.6) is 5.75 Å². The highest BCUT2D eigenvalue weighted by Gasteiger charge is 2.57. The lowest BCUT2D eigenvalue weighted by Gasteiger charge is -2.44. The summed E-state index contributed by atoms with van der Waals surface area (Å²) in [7, 11) is -3.94. The molecule has 0 spiro atoms. The molecule has 1 saturated heterocycles. The molecule has 1 amide bonds. The van der Waals surface area contributed by atoms with Gasteiger partial charge in [-0.05, 0) is 93.3 Å². The predicted molar refractivity (Wildman–Crippen MR) is 265 cm³/mol. The van der Waals surface area contributed by atoms with Gasteiger partial charge in [0.2, 0.25) is 5.91 Å². The molecule has 1 fully saturated rings. The van der Waals surface area contributed by atoms with Crippen LogP contribution in [-0.4, -0.2) is 111 Å². The fourth-order valence-electron chi connectivity index (χ4n) is 6.90. The van der Waals surface area contributed by atoms with E-state index in [0.717, 1.165) is 10.1 Å². The van der Waals surface area contributed by atoms with Crippen molar-refractivity contribution < 1.29 is 47.3 Å². The van der Waals surface area contributed by atoms with E-state index in [9.17, 15) is 29.1 Å². The van der Waals surface area contributed by atoms with Crippen LogP contribution in [0.25, 0.3) is 0 Å². The first kappa shape index (κ1) is 56.1. The number of benzene rings is 2.